The van der Waals surface area contributed by atoms with Gasteiger partial charge in [0.15, 0.2) is 11.5 Å². The zero-order valence-electron chi connectivity index (χ0n) is 24.7. The lowest BCUT2D eigenvalue weighted by Gasteiger charge is -2.43. The molecule has 3 aliphatic carbocycles. The van der Waals surface area contributed by atoms with Gasteiger partial charge < -0.3 is 14.2 Å². The zero-order chi connectivity index (χ0) is 27.8. The molecule has 0 N–H and O–H groups in total. The number of hydrogen-bond donors (Lipinski definition) is 0. The predicted octanol–water partition coefficient (Wildman–Crippen LogP) is 9.84. The van der Waals surface area contributed by atoms with Gasteiger partial charge in [-0.25, -0.2) is 0 Å². The summed E-state index contributed by atoms with van der Waals surface area (Å²) in [7, 11) is 1.25. The van der Waals surface area contributed by atoms with Crippen LogP contribution in [0.1, 0.15) is 110 Å². The molecule has 4 rings (SSSR count). The van der Waals surface area contributed by atoms with Gasteiger partial charge in [0, 0.05) is 0 Å². The van der Waals surface area contributed by atoms with Gasteiger partial charge in [0.25, 0.3) is 0 Å². The predicted molar refractivity (Wildman–Crippen MR) is 154 cm³/mol. The van der Waals surface area contributed by atoms with Crippen LogP contribution in [0.25, 0.3) is 0 Å². The van der Waals surface area contributed by atoms with E-state index in [-0.39, 0.29) is 11.5 Å². The first kappa shape index (κ1) is 30.6. The molecule has 2 unspecified atom stereocenters. The van der Waals surface area contributed by atoms with E-state index in [2.05, 4.69) is 24.8 Å². The van der Waals surface area contributed by atoms with E-state index in [0.29, 0.717) is 18.6 Å². The molecule has 3 saturated carbocycles. The van der Waals surface area contributed by atoms with Gasteiger partial charge in [-0.05, 0) is 118 Å². The van der Waals surface area contributed by atoms with Gasteiger partial charge in [0.05, 0.1) is 26.4 Å². The van der Waals surface area contributed by atoms with E-state index in [4.69, 9.17) is 9.47 Å². The highest BCUT2D eigenvalue weighted by atomic mass is 19.2. The Balaban J connectivity index is 1.11. The first-order valence-corrected chi connectivity index (χ1v) is 16.1. The van der Waals surface area contributed by atoms with Crippen molar-refractivity contribution in [1.82, 2.24) is 0 Å². The largest absolute Gasteiger partial charge is 0.494 e. The summed E-state index contributed by atoms with van der Waals surface area (Å²) in [6, 6.07) is 0. The number of halogens is 2. The Bertz CT molecular complexity index is 806. The number of ether oxygens (including phenoxy) is 3. The summed E-state index contributed by atoms with van der Waals surface area (Å²) >= 11 is 0. The molecule has 222 valence electrons. The van der Waals surface area contributed by atoms with Crippen LogP contribution in [-0.2, 0) is 14.2 Å². The van der Waals surface area contributed by atoms with Gasteiger partial charge >= 0.3 is 0 Å². The highest BCUT2D eigenvalue weighted by Crippen LogP contribution is 2.45. The van der Waals surface area contributed by atoms with Crippen LogP contribution in [0.4, 0.5) is 8.78 Å². The van der Waals surface area contributed by atoms with Crippen LogP contribution >= 0.6 is 0 Å². The normalized spacial score (nSPS) is 36.5. The van der Waals surface area contributed by atoms with Crippen LogP contribution < -0.4 is 0 Å². The fourth-order valence-electron chi connectivity index (χ4n) is 8.32. The van der Waals surface area contributed by atoms with Gasteiger partial charge in [-0.1, -0.05) is 45.8 Å². The summed E-state index contributed by atoms with van der Waals surface area (Å²) in [5, 5.41) is 0. The lowest BCUT2D eigenvalue weighted by molar-refractivity contribution is -0.0759. The third-order valence-electron chi connectivity index (χ3n) is 10.9. The molecule has 0 aromatic heterocycles. The van der Waals surface area contributed by atoms with E-state index in [0.717, 1.165) is 55.0 Å². The molecule has 0 amide bonds. The van der Waals surface area contributed by atoms with Crippen LogP contribution in [0, 0.1) is 41.4 Å². The molecule has 1 heterocycles. The molecule has 3 nitrogen and oxygen atoms in total. The maximum atomic E-state index is 14.1. The van der Waals surface area contributed by atoms with Crippen molar-refractivity contribution in [1.29, 1.82) is 0 Å². The molecule has 0 bridgehead atoms. The third kappa shape index (κ3) is 8.33. The molecule has 39 heavy (non-hydrogen) atoms. The zero-order valence-corrected chi connectivity index (χ0v) is 24.7. The standard InChI is InChI=1S/C34H54F2O3/c1-5-6-25-7-11-29(12-8-25)31-19-20-32(39-22-31)30-17-15-28(16-18-30)27-13-9-26(10-14-27)21-38-24(3)34(36)33(35)23(2)37-4/h25-32H,2-3,5-22H2,1,4H3/b34-33-. The average molecular weight is 549 g/mol. The molecule has 4 fully saturated rings. The Morgan fingerprint density at radius 2 is 1.15 bits per heavy atom. The highest BCUT2D eigenvalue weighted by molar-refractivity contribution is 5.29. The minimum Gasteiger partial charge on any atom is -0.494 e. The van der Waals surface area contributed by atoms with E-state index in [1.165, 1.54) is 97.0 Å². The molecule has 0 radical (unpaired) electrons. The maximum absolute atomic E-state index is 14.1. The minimum absolute atomic E-state index is 0.276. The second-order valence-corrected chi connectivity index (χ2v) is 13.2. The SMILES string of the molecule is C=C(OC)/C(F)=C(/F)C(=C)OCC1CCC(C2CCC(C3CCC(C4CCC(CCC)CC4)CO3)CC2)CC1. The molecule has 4 aliphatic rings. The van der Waals surface area contributed by atoms with Crippen molar-refractivity contribution in [2.24, 2.45) is 41.4 Å². The second kappa shape index (κ2) is 15.0. The highest BCUT2D eigenvalue weighted by Gasteiger charge is 2.37. The monoisotopic (exact) mass is 548 g/mol. The molecular formula is C34H54F2O3. The number of allylic oxidation sites excluding steroid dienone is 2. The van der Waals surface area contributed by atoms with Crippen molar-refractivity contribution >= 4 is 0 Å². The molecule has 5 heteroatoms. The van der Waals surface area contributed by atoms with E-state index < -0.39 is 11.7 Å². The number of methoxy groups -OCH3 is 1. The lowest BCUT2D eigenvalue weighted by Crippen LogP contribution is -2.38. The third-order valence-corrected chi connectivity index (χ3v) is 10.9. The van der Waals surface area contributed by atoms with E-state index in [9.17, 15) is 8.78 Å². The fourth-order valence-corrected chi connectivity index (χ4v) is 8.32. The van der Waals surface area contributed by atoms with Gasteiger partial charge in [0.1, 0.15) is 0 Å². The van der Waals surface area contributed by atoms with Crippen LogP contribution in [0.3, 0.4) is 0 Å². The Morgan fingerprint density at radius 1 is 0.667 bits per heavy atom. The summed E-state index contributed by atoms with van der Waals surface area (Å²) in [6.45, 7) is 10.6. The Hall–Kier alpha value is -1.36. The second-order valence-electron chi connectivity index (χ2n) is 13.2. The number of hydrogen-bond acceptors (Lipinski definition) is 3. The van der Waals surface area contributed by atoms with Crippen molar-refractivity contribution in [3.05, 3.63) is 36.3 Å². The summed E-state index contributed by atoms with van der Waals surface area (Å²) in [4.78, 5) is 0. The van der Waals surface area contributed by atoms with Crippen LogP contribution in [0.5, 0.6) is 0 Å². The van der Waals surface area contributed by atoms with Crippen molar-refractivity contribution in [3.63, 3.8) is 0 Å². The summed E-state index contributed by atoms with van der Waals surface area (Å²) < 4.78 is 44.7. The smallest absolute Gasteiger partial charge is 0.203 e. The van der Waals surface area contributed by atoms with Gasteiger partial charge in [-0.3, -0.25) is 0 Å². The summed E-state index contributed by atoms with van der Waals surface area (Å²) in [6.07, 6.45) is 21.7. The van der Waals surface area contributed by atoms with Crippen LogP contribution in [0.15, 0.2) is 36.3 Å². The van der Waals surface area contributed by atoms with E-state index >= 15 is 0 Å². The first-order valence-electron chi connectivity index (χ1n) is 16.1. The number of rotatable bonds is 11. The quantitative estimate of drug-likeness (QED) is 0.190. The van der Waals surface area contributed by atoms with Gasteiger partial charge in [0.2, 0.25) is 11.7 Å². The van der Waals surface area contributed by atoms with Gasteiger partial charge in [-0.2, -0.15) is 8.78 Å². The molecule has 0 spiro atoms. The van der Waals surface area contributed by atoms with Crippen molar-refractivity contribution in [2.75, 3.05) is 20.3 Å². The molecule has 0 aromatic carbocycles. The Kier molecular flexibility index (Phi) is 11.8. The first-order chi connectivity index (χ1) is 18.9. The Labute approximate surface area is 236 Å². The summed E-state index contributed by atoms with van der Waals surface area (Å²) in [5.74, 6) is 2.59. The average Bonchev–Trinajstić information content (AvgIpc) is 2.99. The van der Waals surface area contributed by atoms with Crippen LogP contribution in [0.2, 0.25) is 0 Å². The van der Waals surface area contributed by atoms with Crippen molar-refractivity contribution in [2.45, 2.75) is 116 Å². The van der Waals surface area contributed by atoms with Crippen molar-refractivity contribution in [3.8, 4) is 0 Å². The van der Waals surface area contributed by atoms with Crippen LogP contribution in [-0.4, -0.2) is 26.4 Å². The van der Waals surface area contributed by atoms with E-state index in [1.54, 1.807) is 0 Å². The molecule has 1 aliphatic heterocycles. The molecule has 2 atom stereocenters. The molecule has 0 aromatic rings. The Morgan fingerprint density at radius 3 is 1.69 bits per heavy atom. The maximum Gasteiger partial charge on any atom is 0.203 e. The molecule has 1 saturated heterocycles. The van der Waals surface area contributed by atoms with Gasteiger partial charge in [-0.15, -0.1) is 0 Å². The topological polar surface area (TPSA) is 27.7 Å². The lowest BCUT2D eigenvalue weighted by atomic mass is 9.67. The minimum atomic E-state index is -1.15. The van der Waals surface area contributed by atoms with E-state index in [1.807, 2.05) is 0 Å². The summed E-state index contributed by atoms with van der Waals surface area (Å²) in [5.41, 5.74) is 0. The van der Waals surface area contributed by atoms with Crippen molar-refractivity contribution < 1.29 is 23.0 Å². The fraction of sp³-hybridized carbons (Fsp3) is 0.824. The molecular weight excluding hydrogens is 494 g/mol.